The molecule has 27 heavy (non-hydrogen) atoms. The zero-order valence-corrected chi connectivity index (χ0v) is 15.9. The van der Waals surface area contributed by atoms with E-state index in [0.717, 1.165) is 41.1 Å². The highest BCUT2D eigenvalue weighted by Gasteiger charge is 2.27. The average Bonchev–Trinajstić information content (AvgIpc) is 3.36. The molecule has 134 valence electrons. The van der Waals surface area contributed by atoms with Crippen LogP contribution in [0.2, 0.25) is 0 Å². The molecule has 1 atom stereocenters. The van der Waals surface area contributed by atoms with Crippen LogP contribution in [0.5, 0.6) is 0 Å². The van der Waals surface area contributed by atoms with E-state index >= 15 is 0 Å². The van der Waals surface area contributed by atoms with Crippen molar-refractivity contribution in [3.8, 4) is 0 Å². The number of aliphatic imine (C=N–C) groups is 1. The van der Waals surface area contributed by atoms with E-state index in [4.69, 9.17) is 9.41 Å². The van der Waals surface area contributed by atoms with Gasteiger partial charge in [0.15, 0.2) is 0 Å². The summed E-state index contributed by atoms with van der Waals surface area (Å²) in [4.78, 5) is 8.44. The predicted octanol–water partition coefficient (Wildman–Crippen LogP) is 5.88. The standard InChI is InChI=1S/C23H20N2OS/c1-16(14-18-7-5-13-27-18)20-10-11-24-23-19(8-4-12-25(20)23)22-15-17-6-2-3-9-21(17)26-22/h2-11,13,15-16H,12,14H2,1H3. The average molecular weight is 372 g/mol. The first-order valence-corrected chi connectivity index (χ1v) is 10.1. The van der Waals surface area contributed by atoms with E-state index < -0.39 is 0 Å². The van der Waals surface area contributed by atoms with Gasteiger partial charge in [0.1, 0.15) is 17.2 Å². The first kappa shape index (κ1) is 16.3. The minimum atomic E-state index is 0.425. The van der Waals surface area contributed by atoms with Crippen molar-refractivity contribution in [1.29, 1.82) is 0 Å². The second-order valence-corrected chi connectivity index (χ2v) is 7.99. The van der Waals surface area contributed by atoms with Crippen LogP contribution in [-0.4, -0.2) is 17.7 Å². The van der Waals surface area contributed by atoms with Crippen molar-refractivity contribution >= 4 is 34.1 Å². The molecular weight excluding hydrogens is 352 g/mol. The third kappa shape index (κ3) is 2.96. The largest absolute Gasteiger partial charge is 0.456 e. The summed E-state index contributed by atoms with van der Waals surface area (Å²) in [5.41, 5.74) is 3.27. The van der Waals surface area contributed by atoms with Gasteiger partial charge in [-0.3, -0.25) is 0 Å². The molecule has 4 heteroatoms. The molecule has 0 fully saturated rings. The number of hydrogen-bond donors (Lipinski definition) is 0. The summed E-state index contributed by atoms with van der Waals surface area (Å²) in [6.45, 7) is 3.14. The van der Waals surface area contributed by atoms with Crippen LogP contribution in [0.3, 0.4) is 0 Å². The third-order valence-electron chi connectivity index (χ3n) is 5.11. The smallest absolute Gasteiger partial charge is 0.144 e. The van der Waals surface area contributed by atoms with Gasteiger partial charge in [0.2, 0.25) is 0 Å². The van der Waals surface area contributed by atoms with Crippen LogP contribution in [0, 0.1) is 5.92 Å². The molecule has 3 nitrogen and oxygen atoms in total. The minimum absolute atomic E-state index is 0.425. The van der Waals surface area contributed by atoms with Gasteiger partial charge in [0.05, 0.1) is 5.57 Å². The van der Waals surface area contributed by atoms with Crippen molar-refractivity contribution < 1.29 is 4.42 Å². The molecule has 1 aromatic carbocycles. The van der Waals surface area contributed by atoms with E-state index in [1.54, 1.807) is 0 Å². The lowest BCUT2D eigenvalue weighted by Crippen LogP contribution is -2.30. The molecule has 2 aliphatic heterocycles. The molecule has 0 saturated heterocycles. The molecule has 0 saturated carbocycles. The molecule has 0 aliphatic carbocycles. The van der Waals surface area contributed by atoms with E-state index in [0.29, 0.717) is 5.92 Å². The molecular formula is C23H20N2OS. The van der Waals surface area contributed by atoms with Gasteiger partial charge in [-0.1, -0.05) is 37.3 Å². The number of rotatable bonds is 4. The minimum Gasteiger partial charge on any atom is -0.456 e. The molecule has 2 aliphatic rings. The Balaban J connectivity index is 1.51. The van der Waals surface area contributed by atoms with E-state index in [2.05, 4.69) is 59.7 Å². The number of para-hydroxylation sites is 1. The van der Waals surface area contributed by atoms with Gasteiger partial charge in [-0.15, -0.1) is 11.3 Å². The Kier molecular flexibility index (Phi) is 4.06. The molecule has 0 spiro atoms. The molecule has 0 amide bonds. The Morgan fingerprint density at radius 3 is 3.00 bits per heavy atom. The summed E-state index contributed by atoms with van der Waals surface area (Å²) >= 11 is 1.82. The van der Waals surface area contributed by atoms with Gasteiger partial charge < -0.3 is 9.32 Å². The lowest BCUT2D eigenvalue weighted by Gasteiger charge is -2.34. The zero-order chi connectivity index (χ0) is 18.2. The Morgan fingerprint density at radius 2 is 2.15 bits per heavy atom. The van der Waals surface area contributed by atoms with Crippen LogP contribution in [0.15, 0.2) is 87.0 Å². The van der Waals surface area contributed by atoms with Crippen molar-refractivity contribution in [3.63, 3.8) is 0 Å². The predicted molar refractivity (Wildman–Crippen MR) is 113 cm³/mol. The van der Waals surface area contributed by atoms with Crippen LogP contribution >= 0.6 is 11.3 Å². The van der Waals surface area contributed by atoms with E-state index in [9.17, 15) is 0 Å². The van der Waals surface area contributed by atoms with Crippen molar-refractivity contribution in [1.82, 2.24) is 4.90 Å². The van der Waals surface area contributed by atoms with E-state index in [1.807, 2.05) is 35.8 Å². The summed E-state index contributed by atoms with van der Waals surface area (Å²) in [6, 6.07) is 14.6. The molecule has 4 heterocycles. The van der Waals surface area contributed by atoms with Gasteiger partial charge in [-0.05, 0) is 42.2 Å². The summed E-state index contributed by atoms with van der Waals surface area (Å²) in [7, 11) is 0. The molecule has 3 aromatic rings. The number of fused-ring (bicyclic) bond motifs is 2. The summed E-state index contributed by atoms with van der Waals surface area (Å²) in [6.07, 6.45) is 9.45. The van der Waals surface area contributed by atoms with Gasteiger partial charge in [-0.25, -0.2) is 4.99 Å². The Hall–Kier alpha value is -2.85. The number of nitrogens with zero attached hydrogens (tertiary/aromatic N) is 2. The Bertz CT molecular complexity index is 1070. The van der Waals surface area contributed by atoms with Crippen LogP contribution < -0.4 is 0 Å². The fraction of sp³-hybridized carbons (Fsp3) is 0.174. The summed E-state index contributed by atoms with van der Waals surface area (Å²) in [5.74, 6) is 2.28. The van der Waals surface area contributed by atoms with Crippen LogP contribution in [-0.2, 0) is 6.42 Å². The molecule has 0 bridgehead atoms. The maximum Gasteiger partial charge on any atom is 0.144 e. The second kappa shape index (κ2) is 6.71. The van der Waals surface area contributed by atoms with Crippen molar-refractivity contribution in [3.05, 3.63) is 88.2 Å². The summed E-state index contributed by atoms with van der Waals surface area (Å²) < 4.78 is 6.11. The Morgan fingerprint density at radius 1 is 1.22 bits per heavy atom. The maximum absolute atomic E-state index is 6.11. The van der Waals surface area contributed by atoms with Gasteiger partial charge >= 0.3 is 0 Å². The quantitative estimate of drug-likeness (QED) is 0.572. The lowest BCUT2D eigenvalue weighted by atomic mass is 9.98. The van der Waals surface area contributed by atoms with Gasteiger partial charge in [0, 0.05) is 34.6 Å². The normalized spacial score (nSPS) is 17.4. The SMILES string of the molecule is CC(Cc1cccs1)C1=CC=NC2=C(c3cc4ccccc4o3)C=CCN12. The highest BCUT2D eigenvalue weighted by Crippen LogP contribution is 2.36. The van der Waals surface area contributed by atoms with Crippen LogP contribution in [0.4, 0.5) is 0 Å². The second-order valence-electron chi connectivity index (χ2n) is 6.95. The van der Waals surface area contributed by atoms with Crippen molar-refractivity contribution in [2.75, 3.05) is 6.54 Å². The third-order valence-corrected chi connectivity index (χ3v) is 6.00. The van der Waals surface area contributed by atoms with Crippen molar-refractivity contribution in [2.45, 2.75) is 13.3 Å². The molecule has 0 N–H and O–H groups in total. The fourth-order valence-electron chi connectivity index (χ4n) is 3.80. The first-order valence-electron chi connectivity index (χ1n) is 9.23. The number of furan rings is 1. The topological polar surface area (TPSA) is 28.7 Å². The highest BCUT2D eigenvalue weighted by molar-refractivity contribution is 7.09. The van der Waals surface area contributed by atoms with Gasteiger partial charge in [0.25, 0.3) is 0 Å². The van der Waals surface area contributed by atoms with E-state index in [1.165, 1.54) is 10.6 Å². The molecule has 1 unspecified atom stereocenters. The first-order chi connectivity index (χ1) is 13.3. The number of hydrogen-bond acceptors (Lipinski definition) is 4. The van der Waals surface area contributed by atoms with Crippen molar-refractivity contribution in [2.24, 2.45) is 10.9 Å². The number of benzene rings is 1. The Labute approximate surface area is 162 Å². The highest BCUT2D eigenvalue weighted by atomic mass is 32.1. The summed E-state index contributed by atoms with van der Waals surface area (Å²) in [5, 5.41) is 3.26. The van der Waals surface area contributed by atoms with Gasteiger partial charge in [-0.2, -0.15) is 0 Å². The maximum atomic E-state index is 6.11. The number of allylic oxidation sites excluding steroid dienone is 4. The number of thiophene rings is 1. The van der Waals surface area contributed by atoms with Crippen LogP contribution in [0.25, 0.3) is 16.5 Å². The zero-order valence-electron chi connectivity index (χ0n) is 15.1. The molecule has 2 aromatic heterocycles. The monoisotopic (exact) mass is 372 g/mol. The van der Waals surface area contributed by atoms with Crippen LogP contribution in [0.1, 0.15) is 17.6 Å². The van der Waals surface area contributed by atoms with E-state index in [-0.39, 0.29) is 0 Å². The molecule has 0 radical (unpaired) electrons. The fourth-order valence-corrected chi connectivity index (χ4v) is 4.63. The molecule has 5 rings (SSSR count). The lowest BCUT2D eigenvalue weighted by molar-refractivity contribution is 0.397.